The molecule has 1 aromatic rings. The molecule has 4 aliphatic rings. The molecular weight excluding hydrogens is 460 g/mol. The molecule has 8 nitrogen and oxygen atoms in total. The number of hydrogen-bond donors (Lipinski definition) is 1. The van der Waals surface area contributed by atoms with Gasteiger partial charge in [-0.1, -0.05) is 50.3 Å². The number of esters is 1. The lowest BCUT2D eigenvalue weighted by Crippen LogP contribution is -2.59. The molecule has 192 valence electrons. The van der Waals surface area contributed by atoms with Crippen molar-refractivity contribution in [3.05, 3.63) is 53.6 Å². The number of benzene rings is 1. The smallest absolute Gasteiger partial charge is 0.312 e. The average molecular weight is 495 g/mol. The van der Waals surface area contributed by atoms with Crippen molar-refractivity contribution in [1.29, 1.82) is 0 Å². The minimum Gasteiger partial charge on any atom is -0.465 e. The minimum atomic E-state index is -1.34. The van der Waals surface area contributed by atoms with Gasteiger partial charge in [-0.3, -0.25) is 14.4 Å². The number of nitrogens with zero attached hydrogens (tertiary/aromatic N) is 2. The average Bonchev–Trinajstić information content (AvgIpc) is 3.20. The second kappa shape index (κ2) is 9.16. The Morgan fingerprint density at radius 1 is 1.14 bits per heavy atom. The summed E-state index contributed by atoms with van der Waals surface area (Å²) in [5.41, 5.74) is 1.38. The first-order valence-corrected chi connectivity index (χ1v) is 12.7. The molecule has 1 unspecified atom stereocenters. The largest absolute Gasteiger partial charge is 0.465 e. The van der Waals surface area contributed by atoms with Gasteiger partial charge in [0.15, 0.2) is 0 Å². The van der Waals surface area contributed by atoms with Gasteiger partial charge < -0.3 is 24.4 Å². The Kier molecular flexibility index (Phi) is 6.29. The van der Waals surface area contributed by atoms with Crippen molar-refractivity contribution in [2.45, 2.75) is 57.9 Å². The van der Waals surface area contributed by atoms with Crippen LogP contribution in [0.1, 0.15) is 31.4 Å². The molecule has 36 heavy (non-hydrogen) atoms. The number of rotatable bonds is 4. The van der Waals surface area contributed by atoms with Gasteiger partial charge >= 0.3 is 5.97 Å². The number of likely N-dealkylation sites (tertiary alicyclic amines) is 1. The Morgan fingerprint density at radius 2 is 1.92 bits per heavy atom. The van der Waals surface area contributed by atoms with Crippen LogP contribution in [0.3, 0.4) is 0 Å². The van der Waals surface area contributed by atoms with E-state index in [4.69, 9.17) is 9.47 Å². The number of ether oxygens (including phenoxy) is 2. The summed E-state index contributed by atoms with van der Waals surface area (Å²) in [6.07, 6.45) is 7.28. The number of hydrogen-bond acceptors (Lipinski definition) is 6. The van der Waals surface area contributed by atoms with Gasteiger partial charge in [-0.25, -0.2) is 0 Å². The number of aryl methyl sites for hydroxylation is 2. The lowest BCUT2D eigenvalue weighted by atomic mass is 9.77. The van der Waals surface area contributed by atoms with Crippen molar-refractivity contribution in [2.75, 3.05) is 24.7 Å². The molecule has 1 aromatic carbocycles. The van der Waals surface area contributed by atoms with Crippen molar-refractivity contribution >= 4 is 23.5 Å². The predicted octanol–water partition coefficient (Wildman–Crippen LogP) is 2.31. The summed E-state index contributed by atoms with van der Waals surface area (Å²) in [6, 6.07) is 4.30. The lowest BCUT2D eigenvalue weighted by molar-refractivity contribution is -0.155. The van der Waals surface area contributed by atoms with Crippen LogP contribution >= 0.6 is 0 Å². The van der Waals surface area contributed by atoms with Gasteiger partial charge in [-0.2, -0.15) is 0 Å². The molecule has 4 aliphatic heterocycles. The number of fused-ring (bicyclic) bond motifs is 2. The fourth-order valence-corrected chi connectivity index (χ4v) is 6.25. The van der Waals surface area contributed by atoms with Crippen LogP contribution in [0.15, 0.2) is 42.5 Å². The summed E-state index contributed by atoms with van der Waals surface area (Å²) in [4.78, 5) is 45.0. The molecule has 0 bridgehead atoms. The van der Waals surface area contributed by atoms with Gasteiger partial charge in [0.2, 0.25) is 5.91 Å². The number of cyclic esters (lactones) is 1. The Labute approximate surface area is 211 Å². The number of amides is 2. The van der Waals surface area contributed by atoms with E-state index in [1.807, 2.05) is 70.2 Å². The molecule has 1 spiro atoms. The van der Waals surface area contributed by atoms with Crippen LogP contribution in [0, 0.1) is 31.6 Å². The summed E-state index contributed by atoms with van der Waals surface area (Å²) in [7, 11) is 0. The first-order valence-electron chi connectivity index (χ1n) is 12.7. The van der Waals surface area contributed by atoms with Crippen LogP contribution in [-0.2, 0) is 23.9 Å². The zero-order valence-electron chi connectivity index (χ0n) is 21.2. The Balaban J connectivity index is 1.68. The predicted molar refractivity (Wildman–Crippen MR) is 133 cm³/mol. The van der Waals surface area contributed by atoms with Crippen molar-refractivity contribution < 1.29 is 29.0 Å². The van der Waals surface area contributed by atoms with Crippen LogP contribution < -0.4 is 4.90 Å². The number of aliphatic hydroxyl groups excluding tert-OH is 1. The third kappa shape index (κ3) is 3.61. The number of aliphatic hydroxyl groups is 1. The van der Waals surface area contributed by atoms with Crippen molar-refractivity contribution in [1.82, 2.24) is 4.90 Å². The second-order valence-corrected chi connectivity index (χ2v) is 10.6. The van der Waals surface area contributed by atoms with E-state index in [0.717, 1.165) is 16.8 Å². The zero-order valence-corrected chi connectivity index (χ0v) is 21.2. The van der Waals surface area contributed by atoms with Crippen LogP contribution in [-0.4, -0.2) is 71.3 Å². The van der Waals surface area contributed by atoms with E-state index in [1.165, 1.54) is 4.90 Å². The highest BCUT2D eigenvalue weighted by atomic mass is 16.6. The van der Waals surface area contributed by atoms with E-state index in [2.05, 4.69) is 0 Å². The standard InChI is InChI=1S/C28H34N2O6/c1-16(2)20(15-31)30-24-26(33)29(19-14-17(3)9-10-18(19)4)12-7-11-28(24)23(25(30)32)22-21(36-28)8-5-6-13-35-27(22)34/h5,7-11,14,16,20-24,31H,6,12-13,15H2,1-4H3/t20-,21+,22-,23-,24?,28-/m0/s1. The zero-order chi connectivity index (χ0) is 25.8. The highest BCUT2D eigenvalue weighted by molar-refractivity contribution is 6.06. The van der Waals surface area contributed by atoms with Gasteiger partial charge in [0.25, 0.3) is 5.91 Å². The molecule has 0 saturated carbocycles. The molecule has 2 amide bonds. The maximum absolute atomic E-state index is 14.4. The summed E-state index contributed by atoms with van der Waals surface area (Å²) < 4.78 is 12.1. The Hall–Kier alpha value is -2.97. The molecule has 8 heteroatoms. The molecular formula is C28H34N2O6. The van der Waals surface area contributed by atoms with E-state index in [9.17, 15) is 19.5 Å². The topological polar surface area (TPSA) is 96.4 Å². The van der Waals surface area contributed by atoms with E-state index in [1.54, 1.807) is 4.90 Å². The fourth-order valence-electron chi connectivity index (χ4n) is 6.25. The van der Waals surface area contributed by atoms with Crippen molar-refractivity contribution in [3.8, 4) is 0 Å². The highest BCUT2D eigenvalue weighted by Crippen LogP contribution is 2.54. The number of carbonyl (C=O) groups excluding carboxylic acids is 3. The Morgan fingerprint density at radius 3 is 2.64 bits per heavy atom. The maximum Gasteiger partial charge on any atom is 0.312 e. The normalized spacial score (nSPS) is 32.6. The molecule has 2 fully saturated rings. The van der Waals surface area contributed by atoms with Gasteiger partial charge in [-0.05, 0) is 43.4 Å². The first-order chi connectivity index (χ1) is 17.2. The SMILES string of the molecule is Cc1ccc(C)c(N2CC=C[C@]34O[C@@H]5C=CCCOC(=O)[C@@H]5[C@H]3C(=O)N([C@@H](CO)C(C)C)C4C2=O)c1. The van der Waals surface area contributed by atoms with Crippen molar-refractivity contribution in [2.24, 2.45) is 17.8 Å². The minimum absolute atomic E-state index is 0.121. The summed E-state index contributed by atoms with van der Waals surface area (Å²) in [5, 5.41) is 10.3. The molecule has 0 aromatic heterocycles. The van der Waals surface area contributed by atoms with Gasteiger partial charge in [0.1, 0.15) is 17.6 Å². The third-order valence-corrected chi connectivity index (χ3v) is 8.03. The molecule has 2 saturated heterocycles. The monoisotopic (exact) mass is 494 g/mol. The molecule has 1 N–H and O–H groups in total. The third-order valence-electron chi connectivity index (χ3n) is 8.03. The van der Waals surface area contributed by atoms with Gasteiger partial charge in [0.05, 0.1) is 31.3 Å². The summed E-state index contributed by atoms with van der Waals surface area (Å²) in [6.45, 7) is 7.98. The fraction of sp³-hybridized carbons (Fsp3) is 0.536. The summed E-state index contributed by atoms with van der Waals surface area (Å²) >= 11 is 0. The highest BCUT2D eigenvalue weighted by Gasteiger charge is 2.72. The molecule has 4 heterocycles. The van der Waals surface area contributed by atoms with Crippen LogP contribution in [0.25, 0.3) is 0 Å². The van der Waals surface area contributed by atoms with Gasteiger partial charge in [0, 0.05) is 12.2 Å². The van der Waals surface area contributed by atoms with Crippen LogP contribution in [0.2, 0.25) is 0 Å². The first kappa shape index (κ1) is 24.7. The lowest BCUT2D eigenvalue weighted by Gasteiger charge is -2.40. The molecule has 5 rings (SSSR count). The number of carbonyl (C=O) groups is 3. The second-order valence-electron chi connectivity index (χ2n) is 10.6. The molecule has 0 aliphatic carbocycles. The van der Waals surface area contributed by atoms with Crippen molar-refractivity contribution in [3.63, 3.8) is 0 Å². The van der Waals surface area contributed by atoms with Crippen LogP contribution in [0.5, 0.6) is 0 Å². The van der Waals surface area contributed by atoms with Crippen LogP contribution in [0.4, 0.5) is 5.69 Å². The molecule has 0 radical (unpaired) electrons. The van der Waals surface area contributed by atoms with E-state index in [0.29, 0.717) is 13.0 Å². The Bertz CT molecular complexity index is 1140. The summed E-state index contributed by atoms with van der Waals surface area (Å²) in [5.74, 6) is -3.03. The van der Waals surface area contributed by atoms with E-state index < -0.39 is 41.6 Å². The quantitative estimate of drug-likeness (QED) is 0.510. The molecule has 6 atom stereocenters. The van der Waals surface area contributed by atoms with E-state index in [-0.39, 0.29) is 30.9 Å². The number of anilines is 1. The van der Waals surface area contributed by atoms with Gasteiger partial charge in [-0.15, -0.1) is 0 Å². The maximum atomic E-state index is 14.4. The van der Waals surface area contributed by atoms with E-state index >= 15 is 0 Å².